The minimum absolute atomic E-state index is 0.0116. The molecule has 2 aromatic rings. The van der Waals surface area contributed by atoms with Gasteiger partial charge in [0.25, 0.3) is 5.56 Å². The van der Waals surface area contributed by atoms with Crippen LogP contribution < -0.4 is 11.3 Å². The molecule has 0 aromatic carbocycles. The van der Waals surface area contributed by atoms with E-state index in [0.29, 0.717) is 5.56 Å². The van der Waals surface area contributed by atoms with E-state index < -0.39 is 5.91 Å². The number of aromatic amines is 1. The normalized spacial score (nSPS) is 13.8. The molecule has 0 unspecified atom stereocenters. The molecule has 1 aliphatic carbocycles. The first-order chi connectivity index (χ1) is 9.66. The third kappa shape index (κ3) is 2.11. The Kier molecular flexibility index (Phi) is 3.10. The zero-order chi connectivity index (χ0) is 14.1. The molecule has 0 radical (unpaired) electrons. The fraction of sp³-hybridized carbons (Fsp3) is 0.267. The van der Waals surface area contributed by atoms with Gasteiger partial charge < -0.3 is 10.7 Å². The summed E-state index contributed by atoms with van der Waals surface area (Å²) in [6.45, 7) is 0. The van der Waals surface area contributed by atoms with Crippen LogP contribution in [0.15, 0.2) is 29.5 Å². The molecule has 5 nitrogen and oxygen atoms in total. The molecule has 0 aliphatic heterocycles. The quantitative estimate of drug-likeness (QED) is 0.864. The van der Waals surface area contributed by atoms with Crippen molar-refractivity contribution in [2.45, 2.75) is 25.7 Å². The van der Waals surface area contributed by atoms with Gasteiger partial charge in [-0.1, -0.05) is 0 Å². The second-order valence-corrected chi connectivity index (χ2v) is 5.02. The molecule has 0 bridgehead atoms. The van der Waals surface area contributed by atoms with Gasteiger partial charge in [-0.3, -0.25) is 14.6 Å². The molecular formula is C15H15N3O2. The number of nitrogens with one attached hydrogen (secondary N) is 1. The van der Waals surface area contributed by atoms with Crippen LogP contribution in [0.5, 0.6) is 0 Å². The van der Waals surface area contributed by atoms with Crippen molar-refractivity contribution in [1.82, 2.24) is 9.97 Å². The Morgan fingerprint density at radius 3 is 2.70 bits per heavy atom. The van der Waals surface area contributed by atoms with E-state index >= 15 is 0 Å². The molecular weight excluding hydrogens is 254 g/mol. The van der Waals surface area contributed by atoms with E-state index in [2.05, 4.69) is 9.97 Å². The van der Waals surface area contributed by atoms with Crippen molar-refractivity contribution in [2.24, 2.45) is 5.73 Å². The molecule has 3 N–H and O–H groups in total. The van der Waals surface area contributed by atoms with E-state index in [1.165, 1.54) is 6.20 Å². The second kappa shape index (κ2) is 4.92. The lowest BCUT2D eigenvalue weighted by molar-refractivity contribution is 0.1000. The number of carbonyl (C=O) groups is 1. The Hall–Kier alpha value is -2.43. The summed E-state index contributed by atoms with van der Waals surface area (Å²) in [6.07, 6.45) is 8.65. The first kappa shape index (κ1) is 12.6. The van der Waals surface area contributed by atoms with Crippen molar-refractivity contribution >= 4 is 5.91 Å². The van der Waals surface area contributed by atoms with Gasteiger partial charge in [-0.05, 0) is 37.3 Å². The van der Waals surface area contributed by atoms with Crippen LogP contribution in [0.3, 0.4) is 0 Å². The SMILES string of the molecule is NC(=O)c1cncc(-c2c[nH]c(=O)c3c2CCCC3)c1. The van der Waals surface area contributed by atoms with Crippen LogP contribution in [0, 0.1) is 0 Å². The number of nitrogens with two attached hydrogens (primary N) is 1. The molecule has 5 heteroatoms. The van der Waals surface area contributed by atoms with E-state index in [1.54, 1.807) is 18.5 Å². The zero-order valence-corrected chi connectivity index (χ0v) is 11.0. The van der Waals surface area contributed by atoms with Crippen LogP contribution >= 0.6 is 0 Å². The second-order valence-electron chi connectivity index (χ2n) is 5.02. The van der Waals surface area contributed by atoms with Crippen molar-refractivity contribution in [2.75, 3.05) is 0 Å². The van der Waals surface area contributed by atoms with E-state index in [4.69, 9.17) is 5.73 Å². The Morgan fingerprint density at radius 1 is 1.20 bits per heavy atom. The van der Waals surface area contributed by atoms with Crippen LogP contribution in [0.4, 0.5) is 0 Å². The summed E-state index contributed by atoms with van der Waals surface area (Å²) in [5.74, 6) is -0.502. The van der Waals surface area contributed by atoms with Gasteiger partial charge in [-0.15, -0.1) is 0 Å². The molecule has 0 saturated heterocycles. The van der Waals surface area contributed by atoms with Gasteiger partial charge in [0.1, 0.15) is 0 Å². The van der Waals surface area contributed by atoms with Crippen molar-refractivity contribution in [3.05, 3.63) is 51.7 Å². The third-order valence-corrected chi connectivity index (χ3v) is 3.75. The number of nitrogens with zero attached hydrogens (tertiary/aromatic N) is 1. The maximum Gasteiger partial charge on any atom is 0.251 e. The highest BCUT2D eigenvalue weighted by Gasteiger charge is 2.18. The highest BCUT2D eigenvalue weighted by molar-refractivity contribution is 5.93. The maximum absolute atomic E-state index is 11.9. The lowest BCUT2D eigenvalue weighted by Crippen LogP contribution is -2.19. The minimum atomic E-state index is -0.502. The van der Waals surface area contributed by atoms with Crippen LogP contribution in [0.25, 0.3) is 11.1 Å². The largest absolute Gasteiger partial charge is 0.366 e. The van der Waals surface area contributed by atoms with Gasteiger partial charge in [0.2, 0.25) is 5.91 Å². The Morgan fingerprint density at radius 2 is 1.95 bits per heavy atom. The first-order valence-electron chi connectivity index (χ1n) is 6.65. The summed E-state index contributed by atoms with van der Waals surface area (Å²) < 4.78 is 0. The van der Waals surface area contributed by atoms with Gasteiger partial charge in [0.15, 0.2) is 0 Å². The molecule has 0 fully saturated rings. The first-order valence-corrected chi connectivity index (χ1v) is 6.65. The number of amides is 1. The van der Waals surface area contributed by atoms with Gasteiger partial charge in [-0.25, -0.2) is 0 Å². The summed E-state index contributed by atoms with van der Waals surface area (Å²) in [5, 5.41) is 0. The number of rotatable bonds is 2. The fourth-order valence-electron chi connectivity index (χ4n) is 2.74. The molecule has 1 amide bonds. The van der Waals surface area contributed by atoms with Gasteiger partial charge in [-0.2, -0.15) is 0 Å². The van der Waals surface area contributed by atoms with E-state index in [-0.39, 0.29) is 5.56 Å². The standard InChI is InChI=1S/C15H15N3O2/c16-14(19)10-5-9(6-17-7-10)13-8-18-15(20)12-4-2-1-3-11(12)13/h5-8H,1-4H2,(H2,16,19)(H,18,20). The van der Waals surface area contributed by atoms with E-state index in [0.717, 1.165) is 47.9 Å². The number of H-pyrrole nitrogens is 1. The molecule has 0 atom stereocenters. The maximum atomic E-state index is 11.9. The number of primary amides is 1. The highest BCUT2D eigenvalue weighted by Crippen LogP contribution is 2.29. The van der Waals surface area contributed by atoms with Crippen LogP contribution in [0.1, 0.15) is 34.3 Å². The minimum Gasteiger partial charge on any atom is -0.366 e. The van der Waals surface area contributed by atoms with E-state index in [9.17, 15) is 9.59 Å². The number of fused-ring (bicyclic) bond motifs is 1. The van der Waals surface area contributed by atoms with Crippen molar-refractivity contribution < 1.29 is 4.79 Å². The molecule has 3 rings (SSSR count). The molecule has 2 heterocycles. The Balaban J connectivity index is 2.18. The average Bonchev–Trinajstić information content (AvgIpc) is 2.48. The molecule has 2 aromatic heterocycles. The Bertz CT molecular complexity index is 734. The molecule has 0 spiro atoms. The summed E-state index contributed by atoms with van der Waals surface area (Å²) >= 11 is 0. The smallest absolute Gasteiger partial charge is 0.251 e. The molecule has 20 heavy (non-hydrogen) atoms. The topological polar surface area (TPSA) is 88.8 Å². The predicted molar refractivity (Wildman–Crippen MR) is 75.5 cm³/mol. The zero-order valence-electron chi connectivity index (χ0n) is 11.0. The number of hydrogen-bond acceptors (Lipinski definition) is 3. The molecule has 1 aliphatic rings. The summed E-state index contributed by atoms with van der Waals surface area (Å²) in [6, 6.07) is 1.72. The molecule has 0 saturated carbocycles. The van der Waals surface area contributed by atoms with Crippen molar-refractivity contribution in [3.8, 4) is 11.1 Å². The summed E-state index contributed by atoms with van der Waals surface area (Å²) in [5.41, 5.74) is 9.33. The van der Waals surface area contributed by atoms with E-state index in [1.807, 2.05) is 0 Å². The highest BCUT2D eigenvalue weighted by atomic mass is 16.1. The number of aromatic nitrogens is 2. The van der Waals surface area contributed by atoms with Gasteiger partial charge >= 0.3 is 0 Å². The predicted octanol–water partition coefficient (Wildman–Crippen LogP) is 1.41. The third-order valence-electron chi connectivity index (χ3n) is 3.75. The summed E-state index contributed by atoms with van der Waals surface area (Å²) in [7, 11) is 0. The number of pyridine rings is 2. The molecule has 102 valence electrons. The lowest BCUT2D eigenvalue weighted by Gasteiger charge is -2.18. The summed E-state index contributed by atoms with van der Waals surface area (Å²) in [4.78, 5) is 30.0. The number of carbonyl (C=O) groups excluding carboxylic acids is 1. The van der Waals surface area contributed by atoms with Gasteiger partial charge in [0.05, 0.1) is 5.56 Å². The number of hydrogen-bond donors (Lipinski definition) is 2. The van der Waals surface area contributed by atoms with Gasteiger partial charge in [0, 0.05) is 35.3 Å². The van der Waals surface area contributed by atoms with Crippen molar-refractivity contribution in [3.63, 3.8) is 0 Å². The van der Waals surface area contributed by atoms with Crippen molar-refractivity contribution in [1.29, 1.82) is 0 Å². The monoisotopic (exact) mass is 269 g/mol. The van der Waals surface area contributed by atoms with Crippen LogP contribution in [0.2, 0.25) is 0 Å². The average molecular weight is 269 g/mol. The van der Waals surface area contributed by atoms with Crippen LogP contribution in [-0.4, -0.2) is 15.9 Å². The Labute approximate surface area is 115 Å². The van der Waals surface area contributed by atoms with Crippen LogP contribution in [-0.2, 0) is 12.8 Å². The fourth-order valence-corrected chi connectivity index (χ4v) is 2.74. The lowest BCUT2D eigenvalue weighted by atomic mass is 9.88.